The third kappa shape index (κ3) is 2.55. The summed E-state index contributed by atoms with van der Waals surface area (Å²) in [6.07, 6.45) is 2.17. The van der Waals surface area contributed by atoms with E-state index in [0.717, 1.165) is 36.3 Å². The van der Waals surface area contributed by atoms with Gasteiger partial charge in [-0.3, -0.25) is 0 Å². The third-order valence-corrected chi connectivity index (χ3v) is 4.55. The molecule has 2 aromatic rings. The molecule has 2 heteroatoms. The van der Waals surface area contributed by atoms with Gasteiger partial charge in [-0.05, 0) is 60.6 Å². The molecule has 0 spiro atoms. The summed E-state index contributed by atoms with van der Waals surface area (Å²) in [5.74, 6) is 1.02. The van der Waals surface area contributed by atoms with E-state index in [4.69, 9.17) is 16.3 Å². The third-order valence-electron chi connectivity index (χ3n) is 4.05. The Labute approximate surface area is 125 Å². The zero-order valence-corrected chi connectivity index (χ0v) is 12.7. The normalized spacial score (nSPS) is 15.3. The minimum absolute atomic E-state index is 0.0958. The van der Waals surface area contributed by atoms with Gasteiger partial charge in [0.1, 0.15) is 5.75 Å². The Morgan fingerprint density at radius 3 is 2.55 bits per heavy atom. The molecule has 0 aliphatic carbocycles. The number of rotatable bonds is 2. The van der Waals surface area contributed by atoms with Crippen molar-refractivity contribution in [3.05, 3.63) is 64.2 Å². The van der Waals surface area contributed by atoms with E-state index in [0.29, 0.717) is 0 Å². The summed E-state index contributed by atoms with van der Waals surface area (Å²) < 4.78 is 5.66. The first-order chi connectivity index (χ1) is 9.65. The lowest BCUT2D eigenvalue weighted by atomic mass is 9.97. The molecule has 0 fully saturated rings. The fraction of sp³-hybridized carbons (Fsp3) is 0.333. The van der Waals surface area contributed by atoms with Crippen molar-refractivity contribution in [1.29, 1.82) is 0 Å². The van der Waals surface area contributed by atoms with Gasteiger partial charge in [-0.2, -0.15) is 0 Å². The monoisotopic (exact) mass is 286 g/mol. The highest BCUT2D eigenvalue weighted by molar-refractivity contribution is 6.22. The van der Waals surface area contributed by atoms with E-state index in [1.807, 2.05) is 0 Å². The minimum atomic E-state index is -0.0958. The average molecular weight is 287 g/mol. The van der Waals surface area contributed by atoms with Crippen molar-refractivity contribution < 1.29 is 4.74 Å². The van der Waals surface area contributed by atoms with Crippen molar-refractivity contribution in [2.75, 3.05) is 6.61 Å². The number of aryl methyl sites for hydroxylation is 3. The van der Waals surface area contributed by atoms with E-state index < -0.39 is 0 Å². The molecule has 1 atom stereocenters. The van der Waals surface area contributed by atoms with Crippen LogP contribution in [0.2, 0.25) is 0 Å². The van der Waals surface area contributed by atoms with Crippen LogP contribution in [0.25, 0.3) is 0 Å². The van der Waals surface area contributed by atoms with Crippen molar-refractivity contribution >= 4 is 11.6 Å². The van der Waals surface area contributed by atoms with Crippen molar-refractivity contribution in [2.45, 2.75) is 32.1 Å². The highest BCUT2D eigenvalue weighted by Crippen LogP contribution is 2.34. The van der Waals surface area contributed by atoms with Crippen molar-refractivity contribution in [3.63, 3.8) is 0 Å². The Morgan fingerprint density at radius 1 is 1.00 bits per heavy atom. The highest BCUT2D eigenvalue weighted by Gasteiger charge is 2.16. The Kier molecular flexibility index (Phi) is 3.71. The molecule has 2 aromatic carbocycles. The largest absolute Gasteiger partial charge is 0.493 e. The second-order valence-electron chi connectivity index (χ2n) is 5.53. The van der Waals surface area contributed by atoms with E-state index in [9.17, 15) is 0 Å². The maximum absolute atomic E-state index is 6.66. The number of alkyl halides is 1. The zero-order valence-electron chi connectivity index (χ0n) is 11.9. The first-order valence-electron chi connectivity index (χ1n) is 7.12. The molecule has 0 amide bonds. The molecule has 1 heterocycles. The van der Waals surface area contributed by atoms with Gasteiger partial charge in [-0.1, -0.05) is 30.3 Å². The van der Waals surface area contributed by atoms with E-state index >= 15 is 0 Å². The van der Waals surface area contributed by atoms with Crippen LogP contribution in [-0.4, -0.2) is 6.61 Å². The highest BCUT2D eigenvalue weighted by atomic mass is 35.5. The molecule has 0 aromatic heterocycles. The van der Waals surface area contributed by atoms with E-state index in [1.165, 1.54) is 16.7 Å². The van der Waals surface area contributed by atoms with Crippen LogP contribution in [0, 0.1) is 13.8 Å². The summed E-state index contributed by atoms with van der Waals surface area (Å²) in [4.78, 5) is 0. The van der Waals surface area contributed by atoms with Gasteiger partial charge in [-0.15, -0.1) is 11.6 Å². The summed E-state index contributed by atoms with van der Waals surface area (Å²) in [6, 6.07) is 12.8. The van der Waals surface area contributed by atoms with Crippen LogP contribution in [0.1, 0.15) is 39.6 Å². The van der Waals surface area contributed by atoms with Crippen molar-refractivity contribution in [3.8, 4) is 5.75 Å². The Balaban J connectivity index is 1.93. The second-order valence-corrected chi connectivity index (χ2v) is 5.96. The summed E-state index contributed by atoms with van der Waals surface area (Å²) in [5, 5.41) is -0.0958. The number of benzene rings is 2. The van der Waals surface area contributed by atoms with E-state index in [2.05, 4.69) is 50.2 Å². The lowest BCUT2D eigenvalue weighted by Crippen LogP contribution is -2.09. The molecule has 0 N–H and O–H groups in total. The molecule has 0 saturated heterocycles. The number of fused-ring (bicyclic) bond motifs is 1. The molecule has 1 aliphatic rings. The standard InChI is InChI=1S/C18H19ClO/c1-12-5-6-15(10-13(12)2)18(19)16-7-8-17-14(11-16)4-3-9-20-17/h5-8,10-11,18H,3-4,9H2,1-2H3. The van der Waals surface area contributed by atoms with Crippen molar-refractivity contribution in [1.82, 2.24) is 0 Å². The molecular weight excluding hydrogens is 268 g/mol. The van der Waals surface area contributed by atoms with Gasteiger partial charge in [0.05, 0.1) is 12.0 Å². The first-order valence-corrected chi connectivity index (χ1v) is 7.55. The number of halogens is 1. The SMILES string of the molecule is Cc1ccc(C(Cl)c2ccc3c(c2)CCCO3)cc1C. The predicted molar refractivity (Wildman–Crippen MR) is 83.9 cm³/mol. The van der Waals surface area contributed by atoms with Crippen LogP contribution in [0.4, 0.5) is 0 Å². The van der Waals surface area contributed by atoms with Crippen LogP contribution in [0.5, 0.6) is 5.75 Å². The first kappa shape index (κ1) is 13.5. The molecule has 3 rings (SSSR count). The molecule has 0 radical (unpaired) electrons. The topological polar surface area (TPSA) is 9.23 Å². The molecule has 1 nitrogen and oxygen atoms in total. The number of hydrogen-bond donors (Lipinski definition) is 0. The minimum Gasteiger partial charge on any atom is -0.493 e. The van der Waals surface area contributed by atoms with E-state index in [-0.39, 0.29) is 5.38 Å². The summed E-state index contributed by atoms with van der Waals surface area (Å²) in [6.45, 7) is 5.08. The predicted octanol–water partition coefficient (Wildman–Crippen LogP) is 4.96. The zero-order chi connectivity index (χ0) is 14.1. The van der Waals surface area contributed by atoms with Gasteiger partial charge in [0.15, 0.2) is 0 Å². The lowest BCUT2D eigenvalue weighted by Gasteiger charge is -2.19. The smallest absolute Gasteiger partial charge is 0.122 e. The van der Waals surface area contributed by atoms with Crippen LogP contribution < -0.4 is 4.74 Å². The number of ether oxygens (including phenoxy) is 1. The molecule has 0 bridgehead atoms. The fourth-order valence-corrected chi connectivity index (χ4v) is 2.92. The molecular formula is C18H19ClO. The quantitative estimate of drug-likeness (QED) is 0.709. The Morgan fingerprint density at radius 2 is 1.75 bits per heavy atom. The van der Waals surface area contributed by atoms with Crippen LogP contribution >= 0.6 is 11.6 Å². The summed E-state index contributed by atoms with van der Waals surface area (Å²) >= 11 is 6.66. The van der Waals surface area contributed by atoms with Gasteiger partial charge in [0.2, 0.25) is 0 Å². The number of hydrogen-bond acceptors (Lipinski definition) is 1. The van der Waals surface area contributed by atoms with Gasteiger partial charge < -0.3 is 4.74 Å². The fourth-order valence-electron chi connectivity index (χ4n) is 2.65. The molecule has 1 unspecified atom stereocenters. The van der Waals surface area contributed by atoms with Gasteiger partial charge in [0.25, 0.3) is 0 Å². The lowest BCUT2D eigenvalue weighted by molar-refractivity contribution is 0.288. The summed E-state index contributed by atoms with van der Waals surface area (Å²) in [5.41, 5.74) is 6.18. The van der Waals surface area contributed by atoms with Gasteiger partial charge >= 0.3 is 0 Å². The maximum atomic E-state index is 6.66. The summed E-state index contributed by atoms with van der Waals surface area (Å²) in [7, 11) is 0. The Hall–Kier alpha value is -1.47. The molecule has 104 valence electrons. The van der Waals surface area contributed by atoms with E-state index in [1.54, 1.807) is 0 Å². The van der Waals surface area contributed by atoms with Gasteiger partial charge in [0, 0.05) is 0 Å². The van der Waals surface area contributed by atoms with Crippen molar-refractivity contribution in [2.24, 2.45) is 0 Å². The Bertz CT molecular complexity index is 633. The molecule has 1 aliphatic heterocycles. The maximum Gasteiger partial charge on any atom is 0.122 e. The van der Waals surface area contributed by atoms with Crippen LogP contribution in [0.15, 0.2) is 36.4 Å². The molecule has 0 saturated carbocycles. The average Bonchev–Trinajstić information content (AvgIpc) is 2.49. The van der Waals surface area contributed by atoms with Gasteiger partial charge in [-0.25, -0.2) is 0 Å². The van der Waals surface area contributed by atoms with Crippen LogP contribution in [-0.2, 0) is 6.42 Å². The second kappa shape index (κ2) is 5.49. The van der Waals surface area contributed by atoms with Crippen LogP contribution in [0.3, 0.4) is 0 Å². The molecule has 20 heavy (non-hydrogen) atoms.